The molecule has 0 saturated carbocycles. The van der Waals surface area contributed by atoms with Crippen LogP contribution in [0.5, 0.6) is 0 Å². The molecular formula is C15H25Cl2N3O2. The first kappa shape index (κ1) is 21.0. The van der Waals surface area contributed by atoms with Gasteiger partial charge in [0.2, 0.25) is 5.91 Å². The van der Waals surface area contributed by atoms with Crippen molar-refractivity contribution in [1.29, 1.82) is 0 Å². The highest BCUT2D eigenvalue weighted by molar-refractivity contribution is 5.85. The number of carbonyl (C=O) groups excluding carboxylic acids is 1. The van der Waals surface area contributed by atoms with Crippen molar-refractivity contribution >= 4 is 36.4 Å². The van der Waals surface area contributed by atoms with Crippen LogP contribution in [0.2, 0.25) is 0 Å². The molecule has 0 bridgehead atoms. The molecule has 1 amide bonds. The predicted molar refractivity (Wildman–Crippen MR) is 94.3 cm³/mol. The minimum atomic E-state index is 0. The lowest BCUT2D eigenvalue weighted by Gasteiger charge is -2.23. The molecule has 1 heterocycles. The van der Waals surface area contributed by atoms with Crippen LogP contribution in [-0.2, 0) is 16.1 Å². The predicted octanol–water partition coefficient (Wildman–Crippen LogP) is 1.59. The number of halogens is 2. The van der Waals surface area contributed by atoms with E-state index in [9.17, 15) is 4.79 Å². The SMILES string of the molecule is CN(C)c1cccc(CNC(=O)CC2COCCN2)c1.Cl.Cl. The fourth-order valence-electron chi connectivity index (χ4n) is 2.19. The monoisotopic (exact) mass is 349 g/mol. The summed E-state index contributed by atoms with van der Waals surface area (Å²) in [5.41, 5.74) is 2.25. The summed E-state index contributed by atoms with van der Waals surface area (Å²) in [5, 5.41) is 6.24. The number of hydrogen-bond acceptors (Lipinski definition) is 4. The second-order valence-electron chi connectivity index (χ2n) is 5.27. The van der Waals surface area contributed by atoms with Crippen molar-refractivity contribution in [2.45, 2.75) is 19.0 Å². The van der Waals surface area contributed by atoms with Crippen molar-refractivity contribution in [3.8, 4) is 0 Å². The number of amides is 1. The molecule has 1 aliphatic rings. The largest absolute Gasteiger partial charge is 0.378 e. The van der Waals surface area contributed by atoms with Crippen molar-refractivity contribution in [3.05, 3.63) is 29.8 Å². The van der Waals surface area contributed by atoms with Crippen molar-refractivity contribution in [1.82, 2.24) is 10.6 Å². The van der Waals surface area contributed by atoms with E-state index in [0.717, 1.165) is 24.4 Å². The molecule has 1 aliphatic heterocycles. The molecule has 1 fully saturated rings. The summed E-state index contributed by atoms with van der Waals surface area (Å²) in [7, 11) is 4.01. The van der Waals surface area contributed by atoms with Crippen molar-refractivity contribution in [3.63, 3.8) is 0 Å². The van der Waals surface area contributed by atoms with Gasteiger partial charge in [-0.15, -0.1) is 24.8 Å². The Bertz CT molecular complexity index is 452. The molecule has 7 heteroatoms. The summed E-state index contributed by atoms with van der Waals surface area (Å²) >= 11 is 0. The minimum absolute atomic E-state index is 0. The Hall–Kier alpha value is -1.01. The van der Waals surface area contributed by atoms with Crippen LogP contribution in [0.3, 0.4) is 0 Å². The fourth-order valence-corrected chi connectivity index (χ4v) is 2.19. The average molecular weight is 350 g/mol. The van der Waals surface area contributed by atoms with E-state index in [-0.39, 0.29) is 36.8 Å². The second kappa shape index (κ2) is 10.7. The Kier molecular flexibility index (Phi) is 10.2. The van der Waals surface area contributed by atoms with Crippen molar-refractivity contribution < 1.29 is 9.53 Å². The van der Waals surface area contributed by atoms with Gasteiger partial charge in [-0.25, -0.2) is 0 Å². The second-order valence-corrected chi connectivity index (χ2v) is 5.27. The summed E-state index contributed by atoms with van der Waals surface area (Å²) in [5.74, 6) is 0.0586. The Morgan fingerprint density at radius 1 is 1.41 bits per heavy atom. The standard InChI is InChI=1S/C15H23N3O2.2ClH/c1-18(2)14-5-3-4-12(8-14)10-17-15(19)9-13-11-20-7-6-16-13;;/h3-5,8,13,16H,6-7,9-11H2,1-2H3,(H,17,19);2*1H. The normalized spacial score (nSPS) is 16.9. The van der Waals surface area contributed by atoms with Gasteiger partial charge in [-0.1, -0.05) is 12.1 Å². The first-order chi connectivity index (χ1) is 9.65. The highest BCUT2D eigenvalue weighted by Crippen LogP contribution is 2.13. The van der Waals surface area contributed by atoms with Crippen LogP contribution < -0.4 is 15.5 Å². The average Bonchev–Trinajstić information content (AvgIpc) is 2.46. The number of rotatable bonds is 5. The number of anilines is 1. The molecule has 0 aliphatic carbocycles. The molecule has 1 aromatic carbocycles. The number of ether oxygens (including phenoxy) is 1. The zero-order valence-corrected chi connectivity index (χ0v) is 14.6. The summed E-state index contributed by atoms with van der Waals surface area (Å²) in [4.78, 5) is 13.9. The Morgan fingerprint density at radius 3 is 2.82 bits per heavy atom. The van der Waals surface area contributed by atoms with Gasteiger partial charge in [0.05, 0.1) is 13.2 Å². The molecule has 1 aromatic rings. The summed E-state index contributed by atoms with van der Waals surface area (Å²) < 4.78 is 5.34. The number of hydrogen-bond donors (Lipinski definition) is 2. The Balaban J connectivity index is 0.00000220. The summed E-state index contributed by atoms with van der Waals surface area (Å²) in [6, 6.07) is 8.30. The zero-order valence-electron chi connectivity index (χ0n) is 13.0. The van der Waals surface area contributed by atoms with E-state index in [0.29, 0.717) is 19.6 Å². The molecule has 0 radical (unpaired) electrons. The van der Waals surface area contributed by atoms with Gasteiger partial charge in [0, 0.05) is 45.3 Å². The van der Waals surface area contributed by atoms with Crippen LogP contribution in [-0.4, -0.2) is 45.8 Å². The third-order valence-electron chi connectivity index (χ3n) is 3.35. The molecule has 126 valence electrons. The number of carbonyl (C=O) groups is 1. The number of nitrogens with one attached hydrogen (secondary N) is 2. The molecule has 1 atom stereocenters. The van der Waals surface area contributed by atoms with Crippen LogP contribution in [0.4, 0.5) is 5.69 Å². The van der Waals surface area contributed by atoms with Gasteiger partial charge in [0.1, 0.15) is 0 Å². The molecule has 1 unspecified atom stereocenters. The number of benzene rings is 1. The van der Waals surface area contributed by atoms with Gasteiger partial charge in [-0.05, 0) is 17.7 Å². The van der Waals surface area contributed by atoms with E-state index < -0.39 is 0 Å². The van der Waals surface area contributed by atoms with Crippen molar-refractivity contribution in [2.24, 2.45) is 0 Å². The smallest absolute Gasteiger partial charge is 0.221 e. The summed E-state index contributed by atoms with van der Waals surface area (Å²) in [6.45, 7) is 2.73. The van der Waals surface area contributed by atoms with Crippen LogP contribution in [0.1, 0.15) is 12.0 Å². The lowest BCUT2D eigenvalue weighted by Crippen LogP contribution is -2.44. The van der Waals surface area contributed by atoms with Gasteiger partial charge in [-0.3, -0.25) is 4.79 Å². The summed E-state index contributed by atoms with van der Waals surface area (Å²) in [6.07, 6.45) is 0.466. The van der Waals surface area contributed by atoms with Crippen molar-refractivity contribution in [2.75, 3.05) is 38.8 Å². The third-order valence-corrected chi connectivity index (χ3v) is 3.35. The number of nitrogens with zero attached hydrogens (tertiary/aromatic N) is 1. The van der Waals surface area contributed by atoms with Crippen LogP contribution >= 0.6 is 24.8 Å². The maximum Gasteiger partial charge on any atom is 0.221 e. The van der Waals surface area contributed by atoms with Gasteiger partial charge in [0.25, 0.3) is 0 Å². The van der Waals surface area contributed by atoms with Gasteiger partial charge >= 0.3 is 0 Å². The van der Waals surface area contributed by atoms with Crippen LogP contribution in [0.15, 0.2) is 24.3 Å². The van der Waals surface area contributed by atoms with E-state index in [1.165, 1.54) is 0 Å². The maximum atomic E-state index is 11.9. The van der Waals surface area contributed by atoms with E-state index in [2.05, 4.69) is 27.7 Å². The zero-order chi connectivity index (χ0) is 14.4. The van der Waals surface area contributed by atoms with Gasteiger partial charge in [0.15, 0.2) is 0 Å². The molecule has 0 spiro atoms. The van der Waals surface area contributed by atoms with E-state index in [1.54, 1.807) is 0 Å². The third kappa shape index (κ3) is 6.83. The fraction of sp³-hybridized carbons (Fsp3) is 0.533. The molecule has 5 nitrogen and oxygen atoms in total. The molecule has 0 aromatic heterocycles. The topological polar surface area (TPSA) is 53.6 Å². The maximum absolute atomic E-state index is 11.9. The Labute approximate surface area is 144 Å². The van der Waals surface area contributed by atoms with E-state index >= 15 is 0 Å². The first-order valence-corrected chi connectivity index (χ1v) is 6.99. The van der Waals surface area contributed by atoms with Gasteiger partial charge < -0.3 is 20.3 Å². The van der Waals surface area contributed by atoms with Crippen LogP contribution in [0.25, 0.3) is 0 Å². The van der Waals surface area contributed by atoms with Gasteiger partial charge in [-0.2, -0.15) is 0 Å². The quantitative estimate of drug-likeness (QED) is 0.847. The first-order valence-electron chi connectivity index (χ1n) is 6.99. The molecule has 2 rings (SSSR count). The van der Waals surface area contributed by atoms with E-state index in [1.807, 2.05) is 26.2 Å². The van der Waals surface area contributed by atoms with Crippen LogP contribution in [0, 0.1) is 0 Å². The highest BCUT2D eigenvalue weighted by atomic mass is 35.5. The lowest BCUT2D eigenvalue weighted by atomic mass is 10.1. The molecule has 2 N–H and O–H groups in total. The molecule has 22 heavy (non-hydrogen) atoms. The van der Waals surface area contributed by atoms with E-state index in [4.69, 9.17) is 4.74 Å². The molecule has 1 saturated heterocycles. The minimum Gasteiger partial charge on any atom is -0.378 e. The number of morpholine rings is 1. The lowest BCUT2D eigenvalue weighted by molar-refractivity contribution is -0.122. The molecular weight excluding hydrogens is 325 g/mol. The highest BCUT2D eigenvalue weighted by Gasteiger charge is 2.16. The Morgan fingerprint density at radius 2 is 2.18 bits per heavy atom.